The number of alkyl halides is 1. The third-order valence-electron chi connectivity index (χ3n) is 6.57. The number of nitrogens with one attached hydrogen (secondary N) is 2. The Hall–Kier alpha value is -2.81. The Kier molecular flexibility index (Phi) is 4.62. The summed E-state index contributed by atoms with van der Waals surface area (Å²) in [4.78, 5) is 26.4. The van der Waals surface area contributed by atoms with Crippen LogP contribution in [0.2, 0.25) is 0 Å². The molecule has 1 saturated heterocycles. The molecule has 3 aromatic rings. The predicted octanol–water partition coefficient (Wildman–Crippen LogP) is 3.34. The average Bonchev–Trinajstić information content (AvgIpc) is 3.35. The van der Waals surface area contributed by atoms with Gasteiger partial charge in [0.1, 0.15) is 11.2 Å². The van der Waals surface area contributed by atoms with E-state index in [1.807, 2.05) is 0 Å². The lowest BCUT2D eigenvalue weighted by atomic mass is 9.76. The van der Waals surface area contributed by atoms with Gasteiger partial charge in [0.15, 0.2) is 17.1 Å². The molecule has 5 rings (SSSR count). The number of hydrogen-bond donors (Lipinski definition) is 2. The van der Waals surface area contributed by atoms with E-state index in [0.717, 1.165) is 30.7 Å². The first-order valence-corrected chi connectivity index (χ1v) is 10.7. The van der Waals surface area contributed by atoms with Gasteiger partial charge >= 0.3 is 0 Å². The van der Waals surface area contributed by atoms with E-state index in [1.54, 1.807) is 19.3 Å². The summed E-state index contributed by atoms with van der Waals surface area (Å²) in [5.41, 5.74) is 3.26. The SMILES string of the molecule is CN(C(=O)C1(F)CCOCC1)c1cnc2[nH]c(-c3n[nH]c4c3CCC(C)(C)C4)nc2c1. The highest BCUT2D eigenvalue weighted by molar-refractivity contribution is 6.00. The second kappa shape index (κ2) is 7.12. The average molecular weight is 426 g/mol. The minimum Gasteiger partial charge on any atom is -0.381 e. The molecule has 2 aliphatic rings. The molecule has 0 aromatic carbocycles. The summed E-state index contributed by atoms with van der Waals surface area (Å²) in [6, 6.07) is 1.76. The van der Waals surface area contributed by atoms with Gasteiger partial charge in [0.2, 0.25) is 0 Å². The largest absolute Gasteiger partial charge is 0.381 e. The number of carbonyl (C=O) groups is 1. The fourth-order valence-electron chi connectivity index (χ4n) is 4.55. The molecule has 0 radical (unpaired) electrons. The van der Waals surface area contributed by atoms with Gasteiger partial charge in [-0.1, -0.05) is 13.8 Å². The number of halogens is 1. The Morgan fingerprint density at radius 3 is 2.81 bits per heavy atom. The van der Waals surface area contributed by atoms with E-state index < -0.39 is 11.6 Å². The number of carbonyl (C=O) groups excluding carboxylic acids is 1. The lowest BCUT2D eigenvalue weighted by Crippen LogP contribution is -2.48. The minimum absolute atomic E-state index is 0.0689. The van der Waals surface area contributed by atoms with Crippen molar-refractivity contribution in [1.82, 2.24) is 25.1 Å². The van der Waals surface area contributed by atoms with Gasteiger partial charge in [0.05, 0.1) is 25.1 Å². The normalized spacial score (nSPS) is 19.9. The zero-order valence-electron chi connectivity index (χ0n) is 18.1. The van der Waals surface area contributed by atoms with E-state index in [9.17, 15) is 4.79 Å². The van der Waals surface area contributed by atoms with E-state index in [1.165, 1.54) is 10.5 Å². The molecule has 164 valence electrons. The third-order valence-corrected chi connectivity index (χ3v) is 6.57. The van der Waals surface area contributed by atoms with Crippen molar-refractivity contribution >= 4 is 22.8 Å². The van der Waals surface area contributed by atoms with Crippen molar-refractivity contribution in [2.75, 3.05) is 25.2 Å². The molecule has 0 unspecified atom stereocenters. The van der Waals surface area contributed by atoms with Gasteiger partial charge in [-0.2, -0.15) is 5.10 Å². The van der Waals surface area contributed by atoms with Gasteiger partial charge in [-0.25, -0.2) is 14.4 Å². The Balaban J connectivity index is 1.44. The Labute approximate surface area is 179 Å². The van der Waals surface area contributed by atoms with Crippen LogP contribution in [0, 0.1) is 5.41 Å². The van der Waals surface area contributed by atoms with Crippen molar-refractivity contribution in [3.8, 4) is 11.5 Å². The van der Waals surface area contributed by atoms with Crippen LogP contribution in [0.1, 0.15) is 44.4 Å². The fourth-order valence-corrected chi connectivity index (χ4v) is 4.55. The zero-order valence-corrected chi connectivity index (χ0v) is 18.1. The van der Waals surface area contributed by atoms with E-state index in [2.05, 4.69) is 39.0 Å². The van der Waals surface area contributed by atoms with Crippen molar-refractivity contribution in [2.24, 2.45) is 5.41 Å². The maximum Gasteiger partial charge on any atom is 0.264 e. The summed E-state index contributed by atoms with van der Waals surface area (Å²) in [6.07, 6.45) is 4.70. The maximum absolute atomic E-state index is 15.1. The molecule has 3 aromatic heterocycles. The molecule has 0 bridgehead atoms. The molecule has 1 aliphatic carbocycles. The molecule has 31 heavy (non-hydrogen) atoms. The number of hydrogen-bond acceptors (Lipinski definition) is 5. The number of imidazole rings is 1. The van der Waals surface area contributed by atoms with E-state index in [0.29, 0.717) is 22.7 Å². The number of H-pyrrole nitrogens is 2. The first-order chi connectivity index (χ1) is 14.8. The zero-order chi connectivity index (χ0) is 21.8. The Morgan fingerprint density at radius 1 is 1.26 bits per heavy atom. The van der Waals surface area contributed by atoms with Crippen LogP contribution >= 0.6 is 0 Å². The quantitative estimate of drug-likeness (QED) is 0.669. The summed E-state index contributed by atoms with van der Waals surface area (Å²) in [5.74, 6) is 0.0777. The highest BCUT2D eigenvalue weighted by atomic mass is 19.1. The molecule has 0 spiro atoms. The molecule has 4 heterocycles. The molecule has 0 atom stereocenters. The number of pyridine rings is 1. The topological polar surface area (TPSA) is 99.8 Å². The first-order valence-electron chi connectivity index (χ1n) is 10.7. The van der Waals surface area contributed by atoms with Crippen LogP contribution in [0.5, 0.6) is 0 Å². The van der Waals surface area contributed by atoms with Crippen LogP contribution in [0.25, 0.3) is 22.7 Å². The van der Waals surface area contributed by atoms with Gasteiger partial charge in [-0.05, 0) is 30.7 Å². The molecule has 0 saturated carbocycles. The monoisotopic (exact) mass is 426 g/mol. The first kappa shape index (κ1) is 20.1. The maximum atomic E-state index is 15.1. The van der Waals surface area contributed by atoms with Crippen LogP contribution in [0.4, 0.5) is 10.1 Å². The van der Waals surface area contributed by atoms with Gasteiger partial charge < -0.3 is 14.6 Å². The summed E-state index contributed by atoms with van der Waals surface area (Å²) in [6.45, 7) is 5.04. The number of aromatic amines is 2. The second-order valence-electron chi connectivity index (χ2n) is 9.46. The molecule has 1 amide bonds. The van der Waals surface area contributed by atoms with E-state index in [4.69, 9.17) is 4.74 Å². The van der Waals surface area contributed by atoms with Gasteiger partial charge in [-0.3, -0.25) is 9.89 Å². The van der Waals surface area contributed by atoms with Crippen LogP contribution in [-0.4, -0.2) is 57.0 Å². The highest BCUT2D eigenvalue weighted by Gasteiger charge is 2.42. The smallest absolute Gasteiger partial charge is 0.264 e. The lowest BCUT2D eigenvalue weighted by molar-refractivity contribution is -0.135. The fraction of sp³-hybridized carbons (Fsp3) is 0.545. The number of nitrogens with zero attached hydrogens (tertiary/aromatic N) is 4. The van der Waals surface area contributed by atoms with E-state index >= 15 is 4.39 Å². The van der Waals surface area contributed by atoms with Crippen LogP contribution in [0.15, 0.2) is 12.3 Å². The molecule has 1 fully saturated rings. The van der Waals surface area contributed by atoms with Crippen molar-refractivity contribution in [3.05, 3.63) is 23.5 Å². The number of aromatic nitrogens is 5. The summed E-state index contributed by atoms with van der Waals surface area (Å²) < 4.78 is 20.3. The van der Waals surface area contributed by atoms with Crippen molar-refractivity contribution in [2.45, 2.75) is 51.6 Å². The van der Waals surface area contributed by atoms with Crippen molar-refractivity contribution < 1.29 is 13.9 Å². The van der Waals surface area contributed by atoms with Gasteiger partial charge in [-0.15, -0.1) is 0 Å². The summed E-state index contributed by atoms with van der Waals surface area (Å²) >= 11 is 0. The van der Waals surface area contributed by atoms with Crippen LogP contribution in [0.3, 0.4) is 0 Å². The number of ether oxygens (including phenoxy) is 1. The number of rotatable bonds is 3. The standard InChI is InChI=1S/C22H27FN6O2/c1-21(2)5-4-14-16(11-21)27-28-17(14)19-25-15-10-13(12-24-18(15)26-19)29(3)20(30)22(23)6-8-31-9-7-22/h10,12H,4-9,11H2,1-3H3,(H,27,28)(H,24,25,26). The van der Waals surface area contributed by atoms with Gasteiger partial charge in [0.25, 0.3) is 5.91 Å². The predicted molar refractivity (Wildman–Crippen MR) is 115 cm³/mol. The molecule has 8 nitrogen and oxygen atoms in total. The molecule has 2 N–H and O–H groups in total. The molecular weight excluding hydrogens is 399 g/mol. The number of anilines is 1. The number of amides is 1. The summed E-state index contributed by atoms with van der Waals surface area (Å²) in [7, 11) is 1.57. The van der Waals surface area contributed by atoms with E-state index in [-0.39, 0.29) is 31.5 Å². The minimum atomic E-state index is -1.90. The lowest BCUT2D eigenvalue weighted by Gasteiger charge is -2.31. The van der Waals surface area contributed by atoms with Crippen LogP contribution in [-0.2, 0) is 22.4 Å². The Bertz CT molecular complexity index is 1140. The van der Waals surface area contributed by atoms with Crippen molar-refractivity contribution in [1.29, 1.82) is 0 Å². The van der Waals surface area contributed by atoms with Gasteiger partial charge in [0, 0.05) is 31.1 Å². The van der Waals surface area contributed by atoms with Crippen LogP contribution < -0.4 is 4.90 Å². The molecule has 9 heteroatoms. The molecule has 1 aliphatic heterocycles. The Morgan fingerprint density at radius 2 is 2.03 bits per heavy atom. The highest BCUT2D eigenvalue weighted by Crippen LogP contribution is 2.37. The number of fused-ring (bicyclic) bond motifs is 2. The third kappa shape index (κ3) is 3.50. The summed E-state index contributed by atoms with van der Waals surface area (Å²) in [5, 5.41) is 7.69. The second-order valence-corrected chi connectivity index (χ2v) is 9.46. The molecular formula is C22H27FN6O2. The van der Waals surface area contributed by atoms with Crippen molar-refractivity contribution in [3.63, 3.8) is 0 Å².